The average Bonchev–Trinajstić information content (AvgIpc) is 2.60. The summed E-state index contributed by atoms with van der Waals surface area (Å²) in [6, 6.07) is 14.5. The summed E-state index contributed by atoms with van der Waals surface area (Å²) >= 11 is 0. The molecule has 1 heterocycles. The van der Waals surface area contributed by atoms with Crippen LogP contribution in [0.3, 0.4) is 0 Å². The number of carboxylic acid groups (broad SMARTS) is 1. The Kier molecular flexibility index (Phi) is 4.48. The Morgan fingerprint density at radius 1 is 1.00 bits per heavy atom. The largest absolute Gasteiger partial charge is 0.550 e. The lowest BCUT2D eigenvalue weighted by Gasteiger charge is -2.28. The van der Waals surface area contributed by atoms with Crippen LogP contribution in [0.25, 0.3) is 11.6 Å². The predicted octanol–water partition coefficient (Wildman–Crippen LogP) is 1.66. The smallest absolute Gasteiger partial charge is 0.261 e. The van der Waals surface area contributed by atoms with Crippen LogP contribution in [-0.2, 0) is 9.59 Å². The van der Waals surface area contributed by atoms with E-state index in [9.17, 15) is 19.5 Å². The molecule has 2 aromatic rings. The van der Waals surface area contributed by atoms with Crippen LogP contribution in [0.5, 0.6) is 0 Å². The van der Waals surface area contributed by atoms with Gasteiger partial charge in [0.15, 0.2) is 0 Å². The number of fused-ring (bicyclic) bond motifs is 1. The third-order valence-corrected chi connectivity index (χ3v) is 4.10. The van der Waals surface area contributed by atoms with Gasteiger partial charge in [0.25, 0.3) is 11.8 Å². The highest BCUT2D eigenvalue weighted by Gasteiger charge is 2.34. The molecule has 0 aromatic heterocycles. The summed E-state index contributed by atoms with van der Waals surface area (Å²) in [6.45, 7) is 1.76. The second kappa shape index (κ2) is 6.73. The average molecular weight is 334 g/mol. The number of aryl methyl sites for hydroxylation is 1. The zero-order valence-corrected chi connectivity index (χ0v) is 13.7. The molecule has 0 bridgehead atoms. The van der Waals surface area contributed by atoms with Gasteiger partial charge in [0.1, 0.15) is 0 Å². The second-order valence-electron chi connectivity index (χ2n) is 5.90. The van der Waals surface area contributed by atoms with Crippen LogP contribution >= 0.6 is 0 Å². The van der Waals surface area contributed by atoms with Crippen LogP contribution in [0.4, 0.5) is 0 Å². The normalized spacial score (nSPS) is 15.4. The molecular weight excluding hydrogens is 318 g/mol. The van der Waals surface area contributed by atoms with Crippen molar-refractivity contribution in [1.29, 1.82) is 0 Å². The van der Waals surface area contributed by atoms with Crippen LogP contribution < -0.4 is 5.11 Å². The number of imide groups is 1. The Balaban J connectivity index is 2.07. The van der Waals surface area contributed by atoms with Crippen molar-refractivity contribution in [3.63, 3.8) is 0 Å². The summed E-state index contributed by atoms with van der Waals surface area (Å²) in [5.41, 5.74) is 3.25. The van der Waals surface area contributed by atoms with E-state index in [0.717, 1.165) is 16.0 Å². The van der Waals surface area contributed by atoms with Gasteiger partial charge in [0, 0.05) is 30.1 Å². The van der Waals surface area contributed by atoms with Crippen molar-refractivity contribution in [2.24, 2.45) is 0 Å². The first-order chi connectivity index (χ1) is 12.0. The van der Waals surface area contributed by atoms with Crippen molar-refractivity contribution >= 4 is 29.4 Å². The zero-order valence-electron chi connectivity index (χ0n) is 13.7. The summed E-state index contributed by atoms with van der Waals surface area (Å²) in [5.74, 6) is -2.28. The van der Waals surface area contributed by atoms with Crippen molar-refractivity contribution < 1.29 is 19.5 Å². The van der Waals surface area contributed by atoms with E-state index >= 15 is 0 Å². The molecule has 0 saturated heterocycles. The summed E-state index contributed by atoms with van der Waals surface area (Å²) in [4.78, 5) is 37.1. The molecule has 0 spiro atoms. The Labute approximate surface area is 145 Å². The van der Waals surface area contributed by atoms with Gasteiger partial charge in [-0.2, -0.15) is 0 Å². The Hall–Kier alpha value is -3.21. The van der Waals surface area contributed by atoms with Crippen LogP contribution in [0.2, 0.25) is 0 Å². The molecule has 0 radical (unpaired) electrons. The first-order valence-electron chi connectivity index (χ1n) is 7.91. The first-order valence-corrected chi connectivity index (χ1v) is 7.91. The number of carbonyl (C=O) groups is 3. The second-order valence-corrected chi connectivity index (χ2v) is 5.90. The highest BCUT2D eigenvalue weighted by Crippen LogP contribution is 2.30. The van der Waals surface area contributed by atoms with Crippen LogP contribution in [0.15, 0.2) is 48.5 Å². The molecule has 0 N–H and O–H groups in total. The number of aliphatic carboxylic acids is 1. The fraction of sp³-hybridized carbons (Fsp3) is 0.150. The molecule has 0 saturated carbocycles. The fourth-order valence-corrected chi connectivity index (χ4v) is 2.78. The first kappa shape index (κ1) is 16.6. The maximum atomic E-state index is 12.8. The van der Waals surface area contributed by atoms with Gasteiger partial charge in [-0.1, -0.05) is 48.0 Å². The molecule has 0 aliphatic carbocycles. The lowest BCUT2D eigenvalue weighted by molar-refractivity contribution is -0.305. The molecule has 1 aliphatic heterocycles. The molecular formula is C20H16NO4-. The maximum Gasteiger partial charge on any atom is 0.261 e. The highest BCUT2D eigenvalue weighted by molar-refractivity contribution is 6.33. The Morgan fingerprint density at radius 2 is 1.64 bits per heavy atom. The summed E-state index contributed by atoms with van der Waals surface area (Å²) in [6.07, 6.45) is 1.33. The lowest BCUT2D eigenvalue weighted by Crippen LogP contribution is -2.43. The number of rotatable bonds is 4. The standard InChI is InChI=1S/C20H17NO4/c1-13-6-8-14(9-7-13)12-17-15-4-2-3-5-16(15)19(24)21(20(17)25)11-10-18(22)23/h2-9,12H,10-11H2,1H3,(H,22,23)/p-1/b17-12-. The summed E-state index contributed by atoms with van der Waals surface area (Å²) in [5, 5.41) is 10.7. The van der Waals surface area contributed by atoms with E-state index in [-0.39, 0.29) is 6.54 Å². The van der Waals surface area contributed by atoms with Crippen molar-refractivity contribution in [3.05, 3.63) is 70.8 Å². The summed E-state index contributed by atoms with van der Waals surface area (Å²) < 4.78 is 0. The van der Waals surface area contributed by atoms with E-state index in [2.05, 4.69) is 0 Å². The van der Waals surface area contributed by atoms with E-state index in [1.54, 1.807) is 30.3 Å². The van der Waals surface area contributed by atoms with E-state index in [4.69, 9.17) is 0 Å². The number of amides is 2. The number of nitrogens with zero attached hydrogens (tertiary/aromatic N) is 1. The molecule has 0 fully saturated rings. The van der Waals surface area contributed by atoms with Crippen molar-refractivity contribution in [3.8, 4) is 0 Å². The number of benzene rings is 2. The minimum absolute atomic E-state index is 0.209. The van der Waals surface area contributed by atoms with Crippen LogP contribution in [-0.4, -0.2) is 29.2 Å². The molecule has 3 rings (SSSR count). The van der Waals surface area contributed by atoms with Crippen molar-refractivity contribution in [1.82, 2.24) is 4.90 Å². The molecule has 126 valence electrons. The van der Waals surface area contributed by atoms with E-state index in [0.29, 0.717) is 16.7 Å². The Morgan fingerprint density at radius 3 is 2.28 bits per heavy atom. The molecule has 2 amide bonds. The summed E-state index contributed by atoms with van der Waals surface area (Å²) in [7, 11) is 0. The van der Waals surface area contributed by atoms with E-state index < -0.39 is 24.2 Å². The maximum absolute atomic E-state index is 12.8. The molecule has 1 aliphatic rings. The van der Waals surface area contributed by atoms with E-state index in [1.165, 1.54) is 0 Å². The third kappa shape index (κ3) is 3.35. The minimum atomic E-state index is -1.30. The number of carbonyl (C=O) groups excluding carboxylic acids is 3. The van der Waals surface area contributed by atoms with Crippen LogP contribution in [0.1, 0.15) is 33.5 Å². The number of hydrogen-bond donors (Lipinski definition) is 0. The van der Waals surface area contributed by atoms with Crippen molar-refractivity contribution in [2.75, 3.05) is 6.54 Å². The predicted molar refractivity (Wildman–Crippen MR) is 91.2 cm³/mol. The minimum Gasteiger partial charge on any atom is -0.550 e. The van der Waals surface area contributed by atoms with Gasteiger partial charge in [-0.3, -0.25) is 14.5 Å². The molecule has 5 heteroatoms. The van der Waals surface area contributed by atoms with Gasteiger partial charge < -0.3 is 9.90 Å². The molecule has 5 nitrogen and oxygen atoms in total. The quantitative estimate of drug-likeness (QED) is 0.629. The molecule has 0 atom stereocenters. The molecule has 2 aromatic carbocycles. The zero-order chi connectivity index (χ0) is 18.0. The van der Waals surface area contributed by atoms with Gasteiger partial charge in [-0.25, -0.2) is 0 Å². The van der Waals surface area contributed by atoms with Crippen LogP contribution in [0, 0.1) is 6.92 Å². The lowest BCUT2D eigenvalue weighted by atomic mass is 9.92. The van der Waals surface area contributed by atoms with Gasteiger partial charge >= 0.3 is 0 Å². The van der Waals surface area contributed by atoms with Crippen molar-refractivity contribution in [2.45, 2.75) is 13.3 Å². The fourth-order valence-electron chi connectivity index (χ4n) is 2.78. The van der Waals surface area contributed by atoms with E-state index in [1.807, 2.05) is 31.2 Å². The van der Waals surface area contributed by atoms with Gasteiger partial charge in [0.05, 0.1) is 0 Å². The van der Waals surface area contributed by atoms with Gasteiger partial charge in [-0.15, -0.1) is 0 Å². The SMILES string of the molecule is Cc1ccc(/C=C2\C(=O)N(CCC(=O)[O-])C(=O)c3ccccc32)cc1. The highest BCUT2D eigenvalue weighted by atomic mass is 16.4. The number of hydrogen-bond acceptors (Lipinski definition) is 4. The third-order valence-electron chi connectivity index (χ3n) is 4.10. The molecule has 0 unspecified atom stereocenters. The molecule has 25 heavy (non-hydrogen) atoms. The Bertz CT molecular complexity index is 881. The topological polar surface area (TPSA) is 77.5 Å². The monoisotopic (exact) mass is 334 g/mol. The number of carboxylic acids is 1. The van der Waals surface area contributed by atoms with Gasteiger partial charge in [0.2, 0.25) is 0 Å². The van der Waals surface area contributed by atoms with Gasteiger partial charge in [-0.05, 0) is 30.2 Å².